The van der Waals surface area contributed by atoms with E-state index in [1.807, 2.05) is 43.3 Å². The van der Waals surface area contributed by atoms with E-state index in [-0.39, 0.29) is 24.0 Å². The number of para-hydroxylation sites is 1. The van der Waals surface area contributed by atoms with E-state index >= 15 is 0 Å². The predicted octanol–water partition coefficient (Wildman–Crippen LogP) is 4.37. The first-order valence-corrected chi connectivity index (χ1v) is 9.60. The maximum absolute atomic E-state index is 5.71. The van der Waals surface area contributed by atoms with Gasteiger partial charge in [-0.05, 0) is 31.4 Å². The summed E-state index contributed by atoms with van der Waals surface area (Å²) in [4.78, 5) is 4.27. The van der Waals surface area contributed by atoms with Crippen molar-refractivity contribution in [1.82, 2.24) is 10.6 Å². The first kappa shape index (κ1) is 24.2. The zero-order valence-electron chi connectivity index (χ0n) is 16.8. The molecule has 0 bridgehead atoms. The van der Waals surface area contributed by atoms with Crippen LogP contribution in [0.25, 0.3) is 0 Å². The molecule has 2 aromatic rings. The second-order valence-corrected chi connectivity index (χ2v) is 6.14. The summed E-state index contributed by atoms with van der Waals surface area (Å²) in [6.07, 6.45) is 2.05. The molecule has 0 aliphatic rings. The lowest BCUT2D eigenvalue weighted by molar-refractivity contribution is 0.117. The van der Waals surface area contributed by atoms with E-state index in [0.717, 1.165) is 43.3 Å². The van der Waals surface area contributed by atoms with E-state index in [0.29, 0.717) is 19.8 Å². The van der Waals surface area contributed by atoms with Gasteiger partial charge in [0.1, 0.15) is 5.75 Å². The maximum atomic E-state index is 5.71. The van der Waals surface area contributed by atoms with Crippen LogP contribution in [0.1, 0.15) is 30.9 Å². The predicted molar refractivity (Wildman–Crippen MR) is 127 cm³/mol. The van der Waals surface area contributed by atoms with E-state index < -0.39 is 0 Å². The van der Waals surface area contributed by atoms with Crippen molar-refractivity contribution in [3.05, 3.63) is 65.7 Å². The summed E-state index contributed by atoms with van der Waals surface area (Å²) >= 11 is 0. The largest absolute Gasteiger partial charge is 0.494 e. The van der Waals surface area contributed by atoms with E-state index in [2.05, 4.69) is 33.8 Å². The van der Waals surface area contributed by atoms with Gasteiger partial charge in [-0.1, -0.05) is 48.5 Å². The van der Waals surface area contributed by atoms with Gasteiger partial charge >= 0.3 is 0 Å². The molecule has 0 aliphatic heterocycles. The van der Waals surface area contributed by atoms with Crippen molar-refractivity contribution < 1.29 is 9.47 Å². The van der Waals surface area contributed by atoms with Gasteiger partial charge in [-0.15, -0.1) is 24.0 Å². The monoisotopic (exact) mass is 497 g/mol. The molecule has 0 unspecified atom stereocenters. The number of ether oxygens (including phenoxy) is 2. The van der Waals surface area contributed by atoms with Crippen LogP contribution < -0.4 is 15.4 Å². The fourth-order valence-electron chi connectivity index (χ4n) is 2.65. The van der Waals surface area contributed by atoms with Gasteiger partial charge in [0.2, 0.25) is 0 Å². The van der Waals surface area contributed by atoms with Gasteiger partial charge in [-0.3, -0.25) is 4.99 Å². The number of aliphatic imine (C=N–C) groups is 1. The minimum Gasteiger partial charge on any atom is -0.494 e. The van der Waals surface area contributed by atoms with Gasteiger partial charge in [0.05, 0.1) is 13.2 Å². The number of benzene rings is 2. The molecule has 154 valence electrons. The van der Waals surface area contributed by atoms with Crippen molar-refractivity contribution in [3.8, 4) is 5.75 Å². The molecular weight excluding hydrogens is 465 g/mol. The summed E-state index contributed by atoms with van der Waals surface area (Å²) < 4.78 is 11.4. The van der Waals surface area contributed by atoms with E-state index in [1.165, 1.54) is 5.56 Å². The molecule has 5 nitrogen and oxygen atoms in total. The number of hydrogen-bond donors (Lipinski definition) is 2. The van der Waals surface area contributed by atoms with Crippen LogP contribution >= 0.6 is 24.0 Å². The highest BCUT2D eigenvalue weighted by Gasteiger charge is 2.03. The number of nitrogens with one attached hydrogen (secondary N) is 2. The number of guanidine groups is 1. The van der Waals surface area contributed by atoms with Crippen LogP contribution in [-0.4, -0.2) is 32.8 Å². The topological polar surface area (TPSA) is 54.9 Å². The molecule has 0 amide bonds. The molecule has 0 saturated heterocycles. The van der Waals surface area contributed by atoms with Crippen molar-refractivity contribution in [3.63, 3.8) is 0 Å². The van der Waals surface area contributed by atoms with Crippen molar-refractivity contribution in [2.75, 3.05) is 26.8 Å². The highest BCUT2D eigenvalue weighted by atomic mass is 127. The molecule has 0 spiro atoms. The number of rotatable bonds is 11. The molecule has 0 aliphatic carbocycles. The standard InChI is InChI=1S/C22H31N3O2.HI/c1-3-27-21-14-8-7-13-20(21)17-25-22(23-2)24-15-9-10-16-26-18-19-11-5-4-6-12-19;/h4-8,11-14H,3,9-10,15-18H2,1-2H3,(H2,23,24,25);1H. The van der Waals surface area contributed by atoms with Crippen molar-refractivity contribution in [1.29, 1.82) is 0 Å². The lowest BCUT2D eigenvalue weighted by Crippen LogP contribution is -2.37. The quantitative estimate of drug-likeness (QED) is 0.210. The van der Waals surface area contributed by atoms with Crippen LogP contribution in [0.2, 0.25) is 0 Å². The third kappa shape index (κ3) is 9.41. The van der Waals surface area contributed by atoms with E-state index in [1.54, 1.807) is 7.05 Å². The van der Waals surface area contributed by atoms with Crippen LogP contribution in [-0.2, 0) is 17.9 Å². The Kier molecular flexibility index (Phi) is 13.1. The van der Waals surface area contributed by atoms with Crippen molar-refractivity contribution in [2.24, 2.45) is 4.99 Å². The minimum atomic E-state index is 0. The molecule has 2 rings (SSSR count). The second-order valence-electron chi connectivity index (χ2n) is 6.14. The van der Waals surface area contributed by atoms with Gasteiger partial charge in [0.25, 0.3) is 0 Å². The van der Waals surface area contributed by atoms with Crippen molar-refractivity contribution in [2.45, 2.75) is 32.9 Å². The highest BCUT2D eigenvalue weighted by molar-refractivity contribution is 14.0. The highest BCUT2D eigenvalue weighted by Crippen LogP contribution is 2.17. The van der Waals surface area contributed by atoms with Crippen LogP contribution in [0.4, 0.5) is 0 Å². The molecule has 0 saturated carbocycles. The van der Waals surface area contributed by atoms with Crippen molar-refractivity contribution >= 4 is 29.9 Å². The Balaban J connectivity index is 0.00000392. The summed E-state index contributed by atoms with van der Waals surface area (Å²) in [5.74, 6) is 1.71. The molecule has 6 heteroatoms. The Morgan fingerprint density at radius 2 is 1.71 bits per heavy atom. The Bertz CT molecular complexity index is 680. The summed E-state index contributed by atoms with van der Waals surface area (Å²) in [6.45, 7) is 5.64. The summed E-state index contributed by atoms with van der Waals surface area (Å²) in [7, 11) is 1.78. The molecule has 0 atom stereocenters. The minimum absolute atomic E-state index is 0. The zero-order valence-corrected chi connectivity index (χ0v) is 19.1. The van der Waals surface area contributed by atoms with E-state index in [9.17, 15) is 0 Å². The normalized spacial score (nSPS) is 10.9. The number of hydrogen-bond acceptors (Lipinski definition) is 3. The summed E-state index contributed by atoms with van der Waals surface area (Å²) in [6, 6.07) is 18.3. The first-order chi connectivity index (χ1) is 13.3. The fourth-order valence-corrected chi connectivity index (χ4v) is 2.65. The van der Waals surface area contributed by atoms with Crippen LogP contribution in [0, 0.1) is 0 Å². The Hall–Kier alpha value is -1.80. The zero-order chi connectivity index (χ0) is 19.2. The summed E-state index contributed by atoms with van der Waals surface area (Å²) in [5.41, 5.74) is 2.34. The average molecular weight is 497 g/mol. The average Bonchev–Trinajstić information content (AvgIpc) is 2.71. The molecule has 2 aromatic carbocycles. The number of unbranched alkanes of at least 4 members (excludes halogenated alkanes) is 1. The second kappa shape index (κ2) is 15.2. The maximum Gasteiger partial charge on any atom is 0.191 e. The van der Waals surface area contributed by atoms with Gasteiger partial charge in [0, 0.05) is 32.3 Å². The summed E-state index contributed by atoms with van der Waals surface area (Å²) in [5, 5.41) is 6.68. The Morgan fingerprint density at radius 1 is 0.964 bits per heavy atom. The van der Waals surface area contributed by atoms with Crippen LogP contribution in [0.5, 0.6) is 5.75 Å². The van der Waals surface area contributed by atoms with Gasteiger partial charge < -0.3 is 20.1 Å². The van der Waals surface area contributed by atoms with Gasteiger partial charge in [0.15, 0.2) is 5.96 Å². The lowest BCUT2D eigenvalue weighted by Gasteiger charge is -2.14. The molecule has 0 radical (unpaired) electrons. The molecule has 28 heavy (non-hydrogen) atoms. The number of halogens is 1. The molecule has 2 N–H and O–H groups in total. The SMILES string of the molecule is CCOc1ccccc1CNC(=NC)NCCCCOCc1ccccc1.I. The number of nitrogens with zero attached hydrogens (tertiary/aromatic N) is 1. The molecule has 0 heterocycles. The first-order valence-electron chi connectivity index (χ1n) is 9.60. The van der Waals surface area contributed by atoms with Crippen LogP contribution in [0.3, 0.4) is 0 Å². The van der Waals surface area contributed by atoms with E-state index in [4.69, 9.17) is 9.47 Å². The molecule has 0 aromatic heterocycles. The van der Waals surface area contributed by atoms with Gasteiger partial charge in [-0.2, -0.15) is 0 Å². The molecular formula is C22H32IN3O2. The lowest BCUT2D eigenvalue weighted by atomic mass is 10.2. The van der Waals surface area contributed by atoms with Gasteiger partial charge in [-0.25, -0.2) is 0 Å². The third-order valence-corrected chi connectivity index (χ3v) is 4.06. The fraction of sp³-hybridized carbons (Fsp3) is 0.409. The smallest absolute Gasteiger partial charge is 0.191 e. The van der Waals surface area contributed by atoms with Crippen LogP contribution in [0.15, 0.2) is 59.6 Å². The Labute approximate surface area is 186 Å². The molecule has 0 fully saturated rings. The Morgan fingerprint density at radius 3 is 2.46 bits per heavy atom. The third-order valence-electron chi connectivity index (χ3n) is 4.06.